The van der Waals surface area contributed by atoms with Crippen LogP contribution >= 0.6 is 0 Å². The molecule has 0 aliphatic rings. The number of aryl methyl sites for hydroxylation is 1. The third kappa shape index (κ3) is 5.32. The molecule has 0 saturated carbocycles. The van der Waals surface area contributed by atoms with E-state index >= 15 is 0 Å². The molecule has 0 heterocycles. The molecule has 1 aromatic rings. The average Bonchev–Trinajstić information content (AvgIpc) is 1.94. The Morgan fingerprint density at radius 3 is 1.50 bits per heavy atom. The zero-order chi connectivity index (χ0) is 7.11. The van der Waals surface area contributed by atoms with Crippen LogP contribution < -0.4 is 0 Å². The van der Waals surface area contributed by atoms with Crippen molar-refractivity contribution in [1.82, 2.24) is 0 Å². The van der Waals surface area contributed by atoms with Crippen LogP contribution in [0.5, 0.6) is 0 Å². The highest BCUT2D eigenvalue weighted by Gasteiger charge is 1.72. The van der Waals surface area contributed by atoms with E-state index in [1.807, 2.05) is 32.0 Å². The summed E-state index contributed by atoms with van der Waals surface area (Å²) in [4.78, 5) is 0. The molecule has 0 atom stereocenters. The van der Waals surface area contributed by atoms with E-state index in [9.17, 15) is 0 Å². The van der Waals surface area contributed by atoms with E-state index < -0.39 is 0 Å². The molecule has 0 unspecified atom stereocenters. The van der Waals surface area contributed by atoms with Crippen molar-refractivity contribution in [2.75, 3.05) is 0 Å². The molecule has 0 bridgehead atoms. The standard InChI is InChI=1S/C7H8.C2H6.HO/c1-7-5-3-2-4-6-7;1-2;/h2-6H,1H3;1-2H3;1H. The van der Waals surface area contributed by atoms with Gasteiger partial charge in [-0.05, 0) is 6.92 Å². The van der Waals surface area contributed by atoms with Crippen molar-refractivity contribution in [3.05, 3.63) is 35.9 Å². The monoisotopic (exact) mass is 139 g/mol. The van der Waals surface area contributed by atoms with Gasteiger partial charge >= 0.3 is 0 Å². The molecule has 0 aliphatic carbocycles. The molecule has 0 fully saturated rings. The minimum Gasteiger partial charge on any atom is -0.255 e. The van der Waals surface area contributed by atoms with Crippen LogP contribution in [0.1, 0.15) is 19.4 Å². The van der Waals surface area contributed by atoms with Gasteiger partial charge in [0.05, 0.1) is 0 Å². The zero-order valence-corrected chi connectivity index (χ0v) is 6.83. The summed E-state index contributed by atoms with van der Waals surface area (Å²) in [5, 5.41) is 0. The molecule has 1 aromatic carbocycles. The van der Waals surface area contributed by atoms with Crippen molar-refractivity contribution in [2.24, 2.45) is 0 Å². The second-order valence-corrected chi connectivity index (χ2v) is 1.65. The van der Waals surface area contributed by atoms with Crippen LogP contribution in [0.2, 0.25) is 0 Å². The Balaban J connectivity index is 0. The molecular formula is C9H15O. The SMILES string of the molecule is CC.Cc1ccccc1.[OH]. The van der Waals surface area contributed by atoms with Gasteiger partial charge in [-0.3, -0.25) is 5.48 Å². The summed E-state index contributed by atoms with van der Waals surface area (Å²) in [6.45, 7) is 6.08. The molecule has 0 aliphatic heterocycles. The van der Waals surface area contributed by atoms with Crippen LogP contribution in [-0.4, -0.2) is 5.48 Å². The van der Waals surface area contributed by atoms with Gasteiger partial charge in [0.1, 0.15) is 0 Å². The van der Waals surface area contributed by atoms with Gasteiger partial charge in [0.15, 0.2) is 0 Å². The normalized spacial score (nSPS) is 6.70. The van der Waals surface area contributed by atoms with Crippen LogP contribution in [0.4, 0.5) is 0 Å². The summed E-state index contributed by atoms with van der Waals surface area (Å²) in [7, 11) is 0. The highest BCUT2D eigenvalue weighted by molar-refractivity contribution is 5.11. The Labute approximate surface area is 63.0 Å². The van der Waals surface area contributed by atoms with Crippen LogP contribution in [-0.2, 0) is 0 Å². The van der Waals surface area contributed by atoms with E-state index in [4.69, 9.17) is 0 Å². The molecule has 0 spiro atoms. The molecule has 1 heteroatoms. The van der Waals surface area contributed by atoms with Crippen molar-refractivity contribution < 1.29 is 5.48 Å². The molecule has 0 amide bonds. The van der Waals surface area contributed by atoms with Crippen LogP contribution in [0.3, 0.4) is 0 Å². The van der Waals surface area contributed by atoms with Crippen LogP contribution in [0.25, 0.3) is 0 Å². The largest absolute Gasteiger partial charge is 0.255 e. The third-order valence-electron chi connectivity index (χ3n) is 0.940. The Bertz CT molecular complexity index is 135. The summed E-state index contributed by atoms with van der Waals surface area (Å²) in [6.07, 6.45) is 0. The van der Waals surface area contributed by atoms with Gasteiger partial charge in [-0.1, -0.05) is 49.7 Å². The molecule has 1 radical (unpaired) electrons. The second-order valence-electron chi connectivity index (χ2n) is 1.65. The molecule has 1 nitrogen and oxygen atoms in total. The molecule has 0 aromatic heterocycles. The van der Waals surface area contributed by atoms with Crippen molar-refractivity contribution in [3.63, 3.8) is 0 Å². The predicted molar refractivity (Wildman–Crippen MR) is 44.5 cm³/mol. The smallest absolute Gasteiger partial charge is 0.0398 e. The van der Waals surface area contributed by atoms with E-state index in [2.05, 4.69) is 19.1 Å². The fraction of sp³-hybridized carbons (Fsp3) is 0.333. The first kappa shape index (κ1) is 11.9. The lowest BCUT2D eigenvalue weighted by molar-refractivity contribution is 0.824. The van der Waals surface area contributed by atoms with Crippen molar-refractivity contribution >= 4 is 0 Å². The third-order valence-corrected chi connectivity index (χ3v) is 0.940. The molecule has 1 N–H and O–H groups in total. The van der Waals surface area contributed by atoms with Crippen molar-refractivity contribution in [3.8, 4) is 0 Å². The quantitative estimate of drug-likeness (QED) is 0.573. The van der Waals surface area contributed by atoms with Crippen molar-refractivity contribution in [1.29, 1.82) is 0 Å². The Morgan fingerprint density at radius 2 is 1.30 bits per heavy atom. The lowest BCUT2D eigenvalue weighted by Gasteiger charge is -1.82. The Kier molecular flexibility index (Phi) is 9.75. The summed E-state index contributed by atoms with van der Waals surface area (Å²) >= 11 is 0. The van der Waals surface area contributed by atoms with Crippen LogP contribution in [0, 0.1) is 6.92 Å². The minimum atomic E-state index is 0. The molecular weight excluding hydrogens is 124 g/mol. The average molecular weight is 139 g/mol. The van der Waals surface area contributed by atoms with Crippen LogP contribution in [0.15, 0.2) is 30.3 Å². The van der Waals surface area contributed by atoms with E-state index in [1.165, 1.54) is 5.56 Å². The summed E-state index contributed by atoms with van der Waals surface area (Å²) in [5.74, 6) is 0. The molecule has 10 heavy (non-hydrogen) atoms. The van der Waals surface area contributed by atoms with Gasteiger partial charge in [0, 0.05) is 0 Å². The maximum absolute atomic E-state index is 2.08. The van der Waals surface area contributed by atoms with Crippen molar-refractivity contribution in [2.45, 2.75) is 20.8 Å². The zero-order valence-electron chi connectivity index (χ0n) is 6.83. The van der Waals surface area contributed by atoms with Gasteiger partial charge in [0.25, 0.3) is 0 Å². The maximum Gasteiger partial charge on any atom is -0.0398 e. The number of rotatable bonds is 0. The summed E-state index contributed by atoms with van der Waals surface area (Å²) in [5.41, 5.74) is 1.32. The van der Waals surface area contributed by atoms with Gasteiger partial charge in [-0.25, -0.2) is 0 Å². The van der Waals surface area contributed by atoms with Gasteiger partial charge < -0.3 is 0 Å². The lowest BCUT2D eigenvalue weighted by atomic mass is 10.2. The number of benzene rings is 1. The molecule has 1 rings (SSSR count). The first-order chi connectivity index (χ1) is 4.39. The lowest BCUT2D eigenvalue weighted by Crippen LogP contribution is -1.62. The fourth-order valence-electron chi connectivity index (χ4n) is 0.534. The predicted octanol–water partition coefficient (Wildman–Crippen LogP) is 2.84. The van der Waals surface area contributed by atoms with E-state index in [1.54, 1.807) is 0 Å². The second kappa shape index (κ2) is 8.18. The van der Waals surface area contributed by atoms with E-state index in [-0.39, 0.29) is 5.48 Å². The highest BCUT2D eigenvalue weighted by Crippen LogP contribution is 1.92. The Morgan fingerprint density at radius 1 is 0.900 bits per heavy atom. The van der Waals surface area contributed by atoms with Gasteiger partial charge in [-0.15, -0.1) is 0 Å². The van der Waals surface area contributed by atoms with Gasteiger partial charge in [-0.2, -0.15) is 0 Å². The maximum atomic E-state index is 2.08. The Hall–Kier alpha value is -0.820. The first-order valence-electron chi connectivity index (χ1n) is 3.41. The highest BCUT2D eigenvalue weighted by atomic mass is 16.0. The minimum absolute atomic E-state index is 0. The number of hydrogen-bond donors (Lipinski definition) is 1. The van der Waals surface area contributed by atoms with E-state index in [0.29, 0.717) is 0 Å². The summed E-state index contributed by atoms with van der Waals surface area (Å²) < 4.78 is 0. The van der Waals surface area contributed by atoms with Gasteiger partial charge in [0.2, 0.25) is 0 Å². The number of hydrogen-bond acceptors (Lipinski definition) is 0. The first-order valence-corrected chi connectivity index (χ1v) is 3.41. The fourth-order valence-corrected chi connectivity index (χ4v) is 0.534. The topological polar surface area (TPSA) is 30.0 Å². The molecule has 57 valence electrons. The summed E-state index contributed by atoms with van der Waals surface area (Å²) in [6, 6.07) is 10.3. The van der Waals surface area contributed by atoms with E-state index in [0.717, 1.165) is 0 Å². The molecule has 0 saturated heterocycles.